The highest BCUT2D eigenvalue weighted by atomic mass is 35.5. The van der Waals surface area contributed by atoms with Gasteiger partial charge in [-0.1, -0.05) is 0 Å². The lowest BCUT2D eigenvalue weighted by Gasteiger charge is -2.11. The van der Waals surface area contributed by atoms with Crippen LogP contribution in [-0.2, 0) is 11.2 Å². The maximum absolute atomic E-state index is 11.2. The van der Waals surface area contributed by atoms with Gasteiger partial charge in [0.25, 0.3) is 0 Å². The number of rotatable bonds is 4. The third-order valence-electron chi connectivity index (χ3n) is 3.06. The molecule has 1 aromatic rings. The molecular weight excluding hydrogens is 242 g/mol. The standard InChI is InChI=1S/C11H16ClN3O2/c1-7-14-15-11(17-7)5-8-2-3-9(4-8)13-10(16)6-12/h8-9H,2-6H2,1H3,(H,13,16)/t8-,9+/m1/s1. The summed E-state index contributed by atoms with van der Waals surface area (Å²) in [6.07, 6.45) is 3.84. The van der Waals surface area contributed by atoms with Gasteiger partial charge in [0.05, 0.1) is 0 Å². The maximum atomic E-state index is 11.2. The zero-order chi connectivity index (χ0) is 12.3. The molecule has 2 rings (SSSR count). The van der Waals surface area contributed by atoms with Crippen LogP contribution < -0.4 is 5.32 Å². The molecular formula is C11H16ClN3O2. The summed E-state index contributed by atoms with van der Waals surface area (Å²) in [7, 11) is 0. The summed E-state index contributed by atoms with van der Waals surface area (Å²) in [4.78, 5) is 11.2. The monoisotopic (exact) mass is 257 g/mol. The van der Waals surface area contributed by atoms with Gasteiger partial charge in [-0.25, -0.2) is 0 Å². The Morgan fingerprint density at radius 3 is 3.00 bits per heavy atom. The minimum Gasteiger partial charge on any atom is -0.426 e. The molecule has 1 aliphatic carbocycles. The second-order valence-corrected chi connectivity index (χ2v) is 4.76. The summed E-state index contributed by atoms with van der Waals surface area (Å²) in [5.41, 5.74) is 0. The molecule has 0 aromatic carbocycles. The van der Waals surface area contributed by atoms with E-state index >= 15 is 0 Å². The molecule has 0 unspecified atom stereocenters. The lowest BCUT2D eigenvalue weighted by molar-refractivity contribution is -0.119. The number of amides is 1. The average Bonchev–Trinajstić information content (AvgIpc) is 2.89. The Hall–Kier alpha value is -1.10. The molecule has 0 aliphatic heterocycles. The average molecular weight is 258 g/mol. The summed E-state index contributed by atoms with van der Waals surface area (Å²) in [5, 5.41) is 10.7. The lowest BCUT2D eigenvalue weighted by Crippen LogP contribution is -2.33. The zero-order valence-corrected chi connectivity index (χ0v) is 10.5. The Morgan fingerprint density at radius 2 is 2.35 bits per heavy atom. The Kier molecular flexibility index (Phi) is 3.99. The number of halogens is 1. The molecule has 1 amide bonds. The van der Waals surface area contributed by atoms with Crippen molar-refractivity contribution in [3.05, 3.63) is 11.8 Å². The van der Waals surface area contributed by atoms with Crippen molar-refractivity contribution in [2.75, 3.05) is 5.88 Å². The number of nitrogens with zero attached hydrogens (tertiary/aromatic N) is 2. The lowest BCUT2D eigenvalue weighted by atomic mass is 10.0. The van der Waals surface area contributed by atoms with Crippen LogP contribution in [0.4, 0.5) is 0 Å². The van der Waals surface area contributed by atoms with Gasteiger partial charge in [0.1, 0.15) is 5.88 Å². The summed E-state index contributed by atoms with van der Waals surface area (Å²) < 4.78 is 5.35. The van der Waals surface area contributed by atoms with Crippen molar-refractivity contribution in [1.82, 2.24) is 15.5 Å². The van der Waals surface area contributed by atoms with Gasteiger partial charge < -0.3 is 9.73 Å². The molecule has 1 fully saturated rings. The first kappa shape index (κ1) is 12.4. The number of hydrogen-bond donors (Lipinski definition) is 1. The Labute approximate surface area is 105 Å². The summed E-state index contributed by atoms with van der Waals surface area (Å²) >= 11 is 5.45. The molecule has 2 atom stereocenters. The molecule has 94 valence electrons. The van der Waals surface area contributed by atoms with Gasteiger partial charge in [0.15, 0.2) is 0 Å². The quantitative estimate of drug-likeness (QED) is 0.829. The molecule has 1 aliphatic rings. The van der Waals surface area contributed by atoms with Crippen molar-refractivity contribution >= 4 is 17.5 Å². The molecule has 17 heavy (non-hydrogen) atoms. The number of aryl methyl sites for hydroxylation is 1. The number of aromatic nitrogens is 2. The first-order valence-electron chi connectivity index (χ1n) is 5.81. The zero-order valence-electron chi connectivity index (χ0n) is 9.78. The van der Waals surface area contributed by atoms with Gasteiger partial charge >= 0.3 is 0 Å². The van der Waals surface area contributed by atoms with Crippen molar-refractivity contribution in [2.45, 2.75) is 38.6 Å². The number of carbonyl (C=O) groups is 1. The fraction of sp³-hybridized carbons (Fsp3) is 0.727. The van der Waals surface area contributed by atoms with Crippen LogP contribution in [0, 0.1) is 12.8 Å². The van der Waals surface area contributed by atoms with Crippen LogP contribution in [0.25, 0.3) is 0 Å². The van der Waals surface area contributed by atoms with E-state index in [4.69, 9.17) is 16.0 Å². The second kappa shape index (κ2) is 5.49. The SMILES string of the molecule is Cc1nnc(C[C@@H]2CC[C@H](NC(=O)CCl)C2)o1. The van der Waals surface area contributed by atoms with E-state index in [1.807, 2.05) is 0 Å². The number of hydrogen-bond acceptors (Lipinski definition) is 4. The van der Waals surface area contributed by atoms with Gasteiger partial charge in [-0.2, -0.15) is 0 Å². The smallest absolute Gasteiger partial charge is 0.235 e. The predicted octanol–water partition coefficient (Wildman–Crippen LogP) is 1.44. The highest BCUT2D eigenvalue weighted by molar-refractivity contribution is 6.27. The number of carbonyl (C=O) groups excluding carboxylic acids is 1. The summed E-state index contributed by atoms with van der Waals surface area (Å²) in [5.74, 6) is 1.74. The summed E-state index contributed by atoms with van der Waals surface area (Å²) in [6, 6.07) is 0.246. The van der Waals surface area contributed by atoms with E-state index in [1.165, 1.54) is 0 Å². The molecule has 0 spiro atoms. The molecule has 0 saturated heterocycles. The van der Waals surface area contributed by atoms with Gasteiger partial charge in [0.2, 0.25) is 17.7 Å². The fourth-order valence-corrected chi connectivity index (χ4v) is 2.40. The third-order valence-corrected chi connectivity index (χ3v) is 3.30. The normalized spacial score (nSPS) is 23.9. The van der Waals surface area contributed by atoms with E-state index in [2.05, 4.69) is 15.5 Å². The highest BCUT2D eigenvalue weighted by Crippen LogP contribution is 2.28. The molecule has 5 nitrogen and oxygen atoms in total. The first-order chi connectivity index (χ1) is 8.17. The molecule has 1 aromatic heterocycles. The number of alkyl halides is 1. The van der Waals surface area contributed by atoms with E-state index in [1.54, 1.807) is 6.92 Å². The third kappa shape index (κ3) is 3.43. The van der Waals surface area contributed by atoms with E-state index in [9.17, 15) is 4.79 Å². The van der Waals surface area contributed by atoms with E-state index in [0.717, 1.165) is 25.7 Å². The molecule has 1 saturated carbocycles. The Bertz CT molecular complexity index is 394. The van der Waals surface area contributed by atoms with E-state index < -0.39 is 0 Å². The minimum atomic E-state index is -0.0917. The van der Waals surface area contributed by atoms with Crippen molar-refractivity contribution < 1.29 is 9.21 Å². The van der Waals surface area contributed by atoms with Crippen molar-refractivity contribution in [1.29, 1.82) is 0 Å². The van der Waals surface area contributed by atoms with Crippen LogP contribution in [0.5, 0.6) is 0 Å². The van der Waals surface area contributed by atoms with Crippen LogP contribution in [0.1, 0.15) is 31.0 Å². The Balaban J connectivity index is 1.80. The summed E-state index contributed by atoms with van der Waals surface area (Å²) in [6.45, 7) is 1.79. The predicted molar refractivity (Wildman–Crippen MR) is 62.7 cm³/mol. The largest absolute Gasteiger partial charge is 0.426 e. The van der Waals surface area contributed by atoms with Crippen LogP contribution in [0.15, 0.2) is 4.42 Å². The maximum Gasteiger partial charge on any atom is 0.235 e. The van der Waals surface area contributed by atoms with E-state index in [0.29, 0.717) is 17.7 Å². The molecule has 1 N–H and O–H groups in total. The van der Waals surface area contributed by atoms with Crippen LogP contribution in [0.3, 0.4) is 0 Å². The molecule has 6 heteroatoms. The van der Waals surface area contributed by atoms with Gasteiger partial charge in [0, 0.05) is 19.4 Å². The minimum absolute atomic E-state index is 0.0318. The fourth-order valence-electron chi connectivity index (χ4n) is 2.32. The first-order valence-corrected chi connectivity index (χ1v) is 6.35. The second-order valence-electron chi connectivity index (χ2n) is 4.50. The molecule has 0 bridgehead atoms. The highest BCUT2D eigenvalue weighted by Gasteiger charge is 2.27. The Morgan fingerprint density at radius 1 is 1.53 bits per heavy atom. The van der Waals surface area contributed by atoms with Gasteiger partial charge in [-0.05, 0) is 25.2 Å². The number of nitrogens with one attached hydrogen (secondary N) is 1. The van der Waals surface area contributed by atoms with Gasteiger partial charge in [-0.3, -0.25) is 4.79 Å². The van der Waals surface area contributed by atoms with Crippen LogP contribution in [0.2, 0.25) is 0 Å². The van der Waals surface area contributed by atoms with E-state index in [-0.39, 0.29) is 17.8 Å². The van der Waals surface area contributed by atoms with Gasteiger partial charge in [-0.15, -0.1) is 21.8 Å². The van der Waals surface area contributed by atoms with Crippen molar-refractivity contribution in [3.8, 4) is 0 Å². The topological polar surface area (TPSA) is 68.0 Å². The van der Waals surface area contributed by atoms with Crippen LogP contribution >= 0.6 is 11.6 Å². The van der Waals surface area contributed by atoms with Crippen molar-refractivity contribution in [3.63, 3.8) is 0 Å². The molecule has 1 heterocycles. The molecule has 0 radical (unpaired) electrons. The van der Waals surface area contributed by atoms with Crippen LogP contribution in [-0.4, -0.2) is 28.0 Å². The van der Waals surface area contributed by atoms with Crippen molar-refractivity contribution in [2.24, 2.45) is 5.92 Å².